The van der Waals surface area contributed by atoms with Crippen LogP contribution in [0.5, 0.6) is 0 Å². The van der Waals surface area contributed by atoms with Crippen molar-refractivity contribution in [1.82, 2.24) is 0 Å². The first-order valence-corrected chi connectivity index (χ1v) is 15.7. The van der Waals surface area contributed by atoms with Gasteiger partial charge in [-0.2, -0.15) is 0 Å². The first-order valence-electron chi connectivity index (χ1n) is 15.7. The summed E-state index contributed by atoms with van der Waals surface area (Å²) in [4.78, 5) is 0. The Bertz CT molecular complexity index is 264. The van der Waals surface area contributed by atoms with Crippen molar-refractivity contribution in [2.75, 3.05) is 0 Å². The van der Waals surface area contributed by atoms with Gasteiger partial charge in [0.1, 0.15) is 0 Å². The molecule has 0 heteroatoms. The van der Waals surface area contributed by atoms with Crippen molar-refractivity contribution in [1.29, 1.82) is 0 Å². The Hall–Kier alpha value is 0. The van der Waals surface area contributed by atoms with Crippen LogP contribution < -0.4 is 0 Å². The summed E-state index contributed by atoms with van der Waals surface area (Å²) in [6.45, 7) is 4.61. The molecule has 0 aromatic heterocycles. The van der Waals surface area contributed by atoms with E-state index in [1.54, 1.807) is 0 Å². The maximum atomic E-state index is 2.58. The first-order chi connectivity index (χ1) is 15.9. The van der Waals surface area contributed by atoms with E-state index in [0.717, 1.165) is 0 Å². The summed E-state index contributed by atoms with van der Waals surface area (Å²) < 4.78 is 0. The van der Waals surface area contributed by atoms with E-state index in [2.05, 4.69) is 20.3 Å². The summed E-state index contributed by atoms with van der Waals surface area (Å²) in [7, 11) is 0. The van der Waals surface area contributed by atoms with Crippen molar-refractivity contribution < 1.29 is 0 Å². The molecule has 0 amide bonds. The molecule has 0 aliphatic rings. The Kier molecular flexibility index (Phi) is 31.0. The lowest BCUT2D eigenvalue weighted by Crippen LogP contribution is -1.85. The molecule has 0 saturated carbocycles. The molecule has 32 heavy (non-hydrogen) atoms. The molecule has 0 aromatic carbocycles. The highest BCUT2D eigenvalue weighted by Crippen LogP contribution is 2.16. The van der Waals surface area contributed by atoms with Gasteiger partial charge in [0.05, 0.1) is 0 Å². The van der Waals surface area contributed by atoms with Crippen LogP contribution in [-0.2, 0) is 0 Å². The zero-order chi connectivity index (χ0) is 23.2. The van der Waals surface area contributed by atoms with Crippen molar-refractivity contribution >= 4 is 0 Å². The summed E-state index contributed by atoms with van der Waals surface area (Å²) in [5.74, 6) is 0. The molecule has 0 aliphatic heterocycles. The second-order valence-electron chi connectivity index (χ2n) is 10.7. The smallest absolute Gasteiger partial charge is 0.0386 e. The van der Waals surface area contributed by atoms with E-state index in [4.69, 9.17) is 0 Å². The molecule has 0 atom stereocenters. The topological polar surface area (TPSA) is 0 Å². The molecular formula is C32H65. The van der Waals surface area contributed by atoms with Crippen LogP contribution in [0, 0.1) is 6.42 Å². The van der Waals surface area contributed by atoms with Crippen molar-refractivity contribution in [3.05, 3.63) is 6.42 Å². The minimum Gasteiger partial charge on any atom is -0.0654 e. The van der Waals surface area contributed by atoms with Crippen LogP contribution >= 0.6 is 0 Å². The Labute approximate surface area is 206 Å². The van der Waals surface area contributed by atoms with Gasteiger partial charge in [-0.05, 0) is 6.42 Å². The van der Waals surface area contributed by atoms with E-state index in [1.165, 1.54) is 186 Å². The van der Waals surface area contributed by atoms with Crippen molar-refractivity contribution in [2.24, 2.45) is 0 Å². The van der Waals surface area contributed by atoms with Crippen molar-refractivity contribution in [2.45, 2.75) is 200 Å². The van der Waals surface area contributed by atoms with Crippen LogP contribution in [0.15, 0.2) is 0 Å². The van der Waals surface area contributed by atoms with Gasteiger partial charge in [-0.1, -0.05) is 200 Å². The van der Waals surface area contributed by atoms with Crippen LogP contribution in [0.1, 0.15) is 200 Å². The fraction of sp³-hybridized carbons (Fsp3) is 0.969. The average molecular weight is 450 g/mol. The van der Waals surface area contributed by atoms with Crippen LogP contribution in [0.3, 0.4) is 0 Å². The molecule has 0 bridgehead atoms. The SMILES string of the molecule is CCCCCCCCCCCCC[CH]CCCCCCCCCCCCCCCCCC. The third-order valence-corrected chi connectivity index (χ3v) is 7.27. The first kappa shape index (κ1) is 32.0. The lowest BCUT2D eigenvalue weighted by atomic mass is 10.0. The molecule has 0 saturated heterocycles. The standard InChI is InChI=1S/C32H65/c1-3-5-7-9-11-13-15-17-19-21-23-25-27-29-31-32-30-28-26-24-22-20-18-16-14-12-10-8-6-4-2/h27H,3-26,28-32H2,1-2H3. The predicted octanol–water partition coefficient (Wildman–Crippen LogP) is 12.5. The second kappa shape index (κ2) is 31.0. The number of hydrogen-bond acceptors (Lipinski definition) is 0. The van der Waals surface area contributed by atoms with Crippen molar-refractivity contribution in [3.63, 3.8) is 0 Å². The second-order valence-corrected chi connectivity index (χ2v) is 10.7. The van der Waals surface area contributed by atoms with Crippen molar-refractivity contribution in [3.8, 4) is 0 Å². The summed E-state index contributed by atoms with van der Waals surface area (Å²) in [5, 5.41) is 0. The normalized spacial score (nSPS) is 11.4. The molecule has 0 aliphatic carbocycles. The zero-order valence-corrected chi connectivity index (χ0v) is 23.1. The highest BCUT2D eigenvalue weighted by Gasteiger charge is 1.96. The van der Waals surface area contributed by atoms with Crippen LogP contribution in [0.2, 0.25) is 0 Å². The minimum atomic E-state index is 1.37. The molecule has 0 nitrogen and oxygen atoms in total. The average Bonchev–Trinajstić information content (AvgIpc) is 2.81. The van der Waals surface area contributed by atoms with E-state index in [0.29, 0.717) is 0 Å². The lowest BCUT2D eigenvalue weighted by molar-refractivity contribution is 0.527. The molecule has 0 spiro atoms. The summed E-state index contributed by atoms with van der Waals surface area (Å²) in [6, 6.07) is 0. The number of hydrogen-bond donors (Lipinski definition) is 0. The number of rotatable bonds is 29. The lowest BCUT2D eigenvalue weighted by Gasteiger charge is -2.04. The van der Waals surface area contributed by atoms with E-state index in [-0.39, 0.29) is 0 Å². The summed E-state index contributed by atoms with van der Waals surface area (Å²) in [5.41, 5.74) is 0. The molecule has 0 N–H and O–H groups in total. The molecule has 193 valence electrons. The van der Waals surface area contributed by atoms with E-state index < -0.39 is 0 Å². The zero-order valence-electron chi connectivity index (χ0n) is 23.1. The van der Waals surface area contributed by atoms with Crippen LogP contribution in [0.25, 0.3) is 0 Å². The van der Waals surface area contributed by atoms with Gasteiger partial charge in [0.25, 0.3) is 0 Å². The Morgan fingerprint density at radius 3 is 0.656 bits per heavy atom. The molecule has 1 radical (unpaired) electrons. The summed E-state index contributed by atoms with van der Waals surface area (Å²) >= 11 is 0. The van der Waals surface area contributed by atoms with Gasteiger partial charge >= 0.3 is 0 Å². The molecule has 0 heterocycles. The maximum Gasteiger partial charge on any atom is -0.0386 e. The Balaban J connectivity index is 2.98. The fourth-order valence-electron chi connectivity index (χ4n) is 4.93. The van der Waals surface area contributed by atoms with Gasteiger partial charge in [-0.3, -0.25) is 0 Å². The minimum absolute atomic E-state index is 1.37. The Morgan fingerprint density at radius 2 is 0.438 bits per heavy atom. The largest absolute Gasteiger partial charge is 0.0654 e. The van der Waals surface area contributed by atoms with Crippen LogP contribution in [0.4, 0.5) is 0 Å². The van der Waals surface area contributed by atoms with Gasteiger partial charge in [-0.25, -0.2) is 0 Å². The highest BCUT2D eigenvalue weighted by molar-refractivity contribution is 4.64. The third kappa shape index (κ3) is 30.0. The highest BCUT2D eigenvalue weighted by atomic mass is 14.0. The number of unbranched alkanes of at least 4 members (excludes halogenated alkanes) is 29. The molecule has 0 fully saturated rings. The molecule has 0 aromatic rings. The molecule has 0 unspecified atom stereocenters. The van der Waals surface area contributed by atoms with Gasteiger partial charge in [-0.15, -0.1) is 0 Å². The van der Waals surface area contributed by atoms with Gasteiger partial charge < -0.3 is 0 Å². The monoisotopic (exact) mass is 450 g/mol. The van der Waals surface area contributed by atoms with E-state index in [1.807, 2.05) is 0 Å². The predicted molar refractivity (Wildman–Crippen MR) is 150 cm³/mol. The molecular weight excluding hydrogens is 384 g/mol. The van der Waals surface area contributed by atoms with Gasteiger partial charge in [0.2, 0.25) is 0 Å². The van der Waals surface area contributed by atoms with Crippen LogP contribution in [-0.4, -0.2) is 0 Å². The maximum absolute atomic E-state index is 2.58. The molecule has 0 rings (SSSR count). The van der Waals surface area contributed by atoms with Gasteiger partial charge in [0, 0.05) is 0 Å². The van der Waals surface area contributed by atoms with E-state index in [9.17, 15) is 0 Å². The quantitative estimate of drug-likeness (QED) is 0.0995. The summed E-state index contributed by atoms with van der Waals surface area (Å²) in [6.07, 6.45) is 44.9. The van der Waals surface area contributed by atoms with E-state index >= 15 is 0 Å². The van der Waals surface area contributed by atoms with Gasteiger partial charge in [0.15, 0.2) is 0 Å². The third-order valence-electron chi connectivity index (χ3n) is 7.27. The Morgan fingerprint density at radius 1 is 0.250 bits per heavy atom. The fourth-order valence-corrected chi connectivity index (χ4v) is 4.93.